The molecule has 0 saturated heterocycles. The van der Waals surface area contributed by atoms with Crippen LogP contribution in [0.3, 0.4) is 0 Å². The van der Waals surface area contributed by atoms with Crippen LogP contribution in [0.15, 0.2) is 59.0 Å². The highest BCUT2D eigenvalue weighted by molar-refractivity contribution is 6.30. The van der Waals surface area contributed by atoms with E-state index in [0.717, 1.165) is 5.56 Å². The molecular weight excluding hydrogens is 316 g/mol. The Hall–Kier alpha value is -2.86. The average Bonchev–Trinajstić information content (AvgIpc) is 3.04. The first kappa shape index (κ1) is 15.1. The van der Waals surface area contributed by atoms with Gasteiger partial charge in [-0.2, -0.15) is 0 Å². The van der Waals surface area contributed by atoms with Crippen LogP contribution in [-0.4, -0.2) is 16.2 Å². The highest BCUT2D eigenvalue weighted by Crippen LogP contribution is 2.20. The average molecular weight is 329 g/mol. The molecule has 2 N–H and O–H groups in total. The molecule has 0 aliphatic heterocycles. The summed E-state index contributed by atoms with van der Waals surface area (Å²) in [5.41, 5.74) is 1.47. The van der Waals surface area contributed by atoms with Crippen LogP contribution in [0.5, 0.6) is 0 Å². The number of nitrogens with zero attached hydrogens (tertiary/aromatic N) is 2. The summed E-state index contributed by atoms with van der Waals surface area (Å²) in [6, 6.07) is 15.9. The molecule has 6 nitrogen and oxygen atoms in total. The first-order chi connectivity index (χ1) is 11.2. The molecule has 23 heavy (non-hydrogen) atoms. The Balaban J connectivity index is 1.57. The molecule has 0 unspecified atom stereocenters. The molecule has 2 aromatic carbocycles. The fraction of sp³-hybridized carbons (Fsp3) is 0.0625. The lowest BCUT2D eigenvalue weighted by Crippen LogP contribution is -2.28. The van der Waals surface area contributed by atoms with Crippen molar-refractivity contribution >= 4 is 23.3 Å². The highest BCUT2D eigenvalue weighted by Gasteiger charge is 2.09. The number of hydrogen-bond acceptors (Lipinski definition) is 4. The predicted octanol–water partition coefficient (Wildman–Crippen LogP) is 3.71. The molecule has 0 aliphatic rings. The smallest absolute Gasteiger partial charge is 0.319 e. The Morgan fingerprint density at radius 1 is 1.04 bits per heavy atom. The Labute approximate surface area is 137 Å². The first-order valence-corrected chi connectivity index (χ1v) is 7.27. The summed E-state index contributed by atoms with van der Waals surface area (Å²) in [6.45, 7) is 0.138. The van der Waals surface area contributed by atoms with E-state index in [1.54, 1.807) is 36.4 Å². The van der Waals surface area contributed by atoms with Crippen molar-refractivity contribution in [2.75, 3.05) is 5.32 Å². The van der Waals surface area contributed by atoms with Gasteiger partial charge in [-0.15, -0.1) is 10.2 Å². The number of amides is 2. The van der Waals surface area contributed by atoms with Crippen molar-refractivity contribution in [3.05, 3.63) is 65.5 Å². The van der Waals surface area contributed by atoms with Crippen LogP contribution in [0.25, 0.3) is 11.5 Å². The van der Waals surface area contributed by atoms with Gasteiger partial charge in [0.05, 0.1) is 6.54 Å². The molecular formula is C16H13ClN4O2. The van der Waals surface area contributed by atoms with Crippen LogP contribution < -0.4 is 10.6 Å². The molecule has 7 heteroatoms. The van der Waals surface area contributed by atoms with Crippen LogP contribution >= 0.6 is 11.6 Å². The minimum Gasteiger partial charge on any atom is -0.419 e. The fourth-order valence-corrected chi connectivity index (χ4v) is 2.01. The van der Waals surface area contributed by atoms with Gasteiger partial charge in [0.2, 0.25) is 11.8 Å². The van der Waals surface area contributed by atoms with E-state index in [0.29, 0.717) is 22.5 Å². The molecule has 1 aromatic heterocycles. The molecule has 0 bridgehead atoms. The van der Waals surface area contributed by atoms with E-state index < -0.39 is 0 Å². The van der Waals surface area contributed by atoms with Crippen LogP contribution in [0.2, 0.25) is 5.02 Å². The van der Waals surface area contributed by atoms with E-state index >= 15 is 0 Å². The molecule has 0 atom stereocenters. The normalized spacial score (nSPS) is 10.3. The maximum absolute atomic E-state index is 11.8. The molecule has 2 amide bonds. The van der Waals surface area contributed by atoms with Gasteiger partial charge in [0.25, 0.3) is 0 Å². The minimum atomic E-state index is -0.345. The lowest BCUT2D eigenvalue weighted by Gasteiger charge is -2.05. The summed E-state index contributed by atoms with van der Waals surface area (Å²) in [4.78, 5) is 11.8. The van der Waals surface area contributed by atoms with Crippen molar-refractivity contribution in [2.45, 2.75) is 6.54 Å². The quantitative estimate of drug-likeness (QED) is 0.765. The number of benzene rings is 2. The van der Waals surface area contributed by atoms with Crippen molar-refractivity contribution in [3.63, 3.8) is 0 Å². The van der Waals surface area contributed by atoms with Gasteiger partial charge in [-0.3, -0.25) is 0 Å². The molecule has 0 spiro atoms. The fourth-order valence-electron chi connectivity index (χ4n) is 1.89. The van der Waals surface area contributed by atoms with Gasteiger partial charge in [-0.25, -0.2) is 4.79 Å². The third-order valence-electron chi connectivity index (χ3n) is 2.99. The molecule has 0 aliphatic carbocycles. The van der Waals surface area contributed by atoms with Gasteiger partial charge in [0, 0.05) is 16.3 Å². The summed E-state index contributed by atoms with van der Waals surface area (Å²) in [6.07, 6.45) is 0. The number of carbonyl (C=O) groups excluding carboxylic acids is 1. The maximum atomic E-state index is 11.8. The second kappa shape index (κ2) is 6.93. The van der Waals surface area contributed by atoms with E-state index in [4.69, 9.17) is 16.0 Å². The summed E-state index contributed by atoms with van der Waals surface area (Å²) in [7, 11) is 0. The van der Waals surface area contributed by atoms with Gasteiger partial charge in [0.15, 0.2) is 0 Å². The number of anilines is 1. The third kappa shape index (κ3) is 4.08. The van der Waals surface area contributed by atoms with E-state index in [1.807, 2.05) is 18.2 Å². The number of aromatic nitrogens is 2. The van der Waals surface area contributed by atoms with Crippen LogP contribution in [0.4, 0.5) is 10.5 Å². The van der Waals surface area contributed by atoms with Crippen molar-refractivity contribution in [3.8, 4) is 11.5 Å². The predicted molar refractivity (Wildman–Crippen MR) is 87.0 cm³/mol. The topological polar surface area (TPSA) is 80.1 Å². The first-order valence-electron chi connectivity index (χ1n) is 6.89. The molecule has 1 heterocycles. The third-order valence-corrected chi connectivity index (χ3v) is 3.24. The number of nitrogens with one attached hydrogen (secondary N) is 2. The Morgan fingerprint density at radius 3 is 2.52 bits per heavy atom. The zero-order chi connectivity index (χ0) is 16.1. The number of hydrogen-bond donors (Lipinski definition) is 2. The van der Waals surface area contributed by atoms with Gasteiger partial charge >= 0.3 is 6.03 Å². The second-order valence-electron chi connectivity index (χ2n) is 4.68. The Bertz CT molecular complexity index is 787. The molecule has 116 valence electrons. The summed E-state index contributed by atoms with van der Waals surface area (Å²) < 4.78 is 5.50. The molecule has 3 aromatic rings. The largest absolute Gasteiger partial charge is 0.419 e. The summed E-state index contributed by atoms with van der Waals surface area (Å²) >= 11 is 5.83. The van der Waals surface area contributed by atoms with E-state index in [-0.39, 0.29) is 12.6 Å². The van der Waals surface area contributed by atoms with Gasteiger partial charge < -0.3 is 15.1 Å². The monoisotopic (exact) mass is 328 g/mol. The van der Waals surface area contributed by atoms with Crippen molar-refractivity contribution in [1.82, 2.24) is 15.5 Å². The Morgan fingerprint density at radius 2 is 1.78 bits per heavy atom. The Kier molecular flexibility index (Phi) is 4.54. The highest BCUT2D eigenvalue weighted by atomic mass is 35.5. The van der Waals surface area contributed by atoms with E-state index in [9.17, 15) is 4.79 Å². The lowest BCUT2D eigenvalue weighted by molar-refractivity contribution is 0.250. The number of rotatable bonds is 4. The van der Waals surface area contributed by atoms with E-state index in [2.05, 4.69) is 20.8 Å². The van der Waals surface area contributed by atoms with Gasteiger partial charge in [0.1, 0.15) is 0 Å². The van der Waals surface area contributed by atoms with Gasteiger partial charge in [-0.05, 0) is 36.4 Å². The number of para-hydroxylation sites is 1. The zero-order valence-corrected chi connectivity index (χ0v) is 12.7. The molecule has 0 radical (unpaired) electrons. The maximum Gasteiger partial charge on any atom is 0.319 e. The van der Waals surface area contributed by atoms with Crippen LogP contribution in [0.1, 0.15) is 5.89 Å². The molecule has 3 rings (SSSR count). The van der Waals surface area contributed by atoms with Crippen molar-refractivity contribution in [2.24, 2.45) is 0 Å². The zero-order valence-electron chi connectivity index (χ0n) is 12.0. The standard InChI is InChI=1S/C16H13ClN4O2/c17-12-8-6-11(7-9-12)15-21-20-14(23-15)10-18-16(22)19-13-4-2-1-3-5-13/h1-9H,10H2,(H2,18,19,22). The van der Waals surface area contributed by atoms with Crippen LogP contribution in [0, 0.1) is 0 Å². The number of carbonyl (C=O) groups is 1. The lowest BCUT2D eigenvalue weighted by atomic mass is 10.2. The second-order valence-corrected chi connectivity index (χ2v) is 5.12. The van der Waals surface area contributed by atoms with Crippen molar-refractivity contribution < 1.29 is 9.21 Å². The van der Waals surface area contributed by atoms with E-state index in [1.165, 1.54) is 0 Å². The minimum absolute atomic E-state index is 0.138. The number of halogens is 1. The summed E-state index contributed by atoms with van der Waals surface area (Å²) in [5, 5.41) is 13.8. The molecule has 0 fully saturated rings. The number of urea groups is 1. The van der Waals surface area contributed by atoms with Crippen molar-refractivity contribution in [1.29, 1.82) is 0 Å². The molecule has 0 saturated carbocycles. The van der Waals surface area contributed by atoms with Crippen LogP contribution in [-0.2, 0) is 6.54 Å². The summed E-state index contributed by atoms with van der Waals surface area (Å²) in [5.74, 6) is 0.695. The SMILES string of the molecule is O=C(NCc1nnc(-c2ccc(Cl)cc2)o1)Nc1ccccc1. The van der Waals surface area contributed by atoms with Gasteiger partial charge in [-0.1, -0.05) is 29.8 Å².